The van der Waals surface area contributed by atoms with Gasteiger partial charge >= 0.3 is 0 Å². The molecule has 2 aromatic carbocycles. The van der Waals surface area contributed by atoms with Crippen LogP contribution in [0, 0.1) is 0 Å². The van der Waals surface area contributed by atoms with Crippen molar-refractivity contribution in [2.75, 3.05) is 6.61 Å². The molecule has 2 heterocycles. The van der Waals surface area contributed by atoms with Crippen LogP contribution < -0.4 is 9.30 Å². The highest BCUT2D eigenvalue weighted by molar-refractivity contribution is 9.10. The van der Waals surface area contributed by atoms with E-state index in [1.807, 2.05) is 53.6 Å². The fraction of sp³-hybridized carbons (Fsp3) is 0.200. The van der Waals surface area contributed by atoms with Crippen molar-refractivity contribution >= 4 is 21.7 Å². The topological polar surface area (TPSA) is 35.1 Å². The maximum absolute atomic E-state index is 12.5. The summed E-state index contributed by atoms with van der Waals surface area (Å²) < 4.78 is 10.4. The van der Waals surface area contributed by atoms with Crippen LogP contribution in [-0.4, -0.2) is 17.0 Å². The van der Waals surface area contributed by atoms with E-state index in [0.29, 0.717) is 12.1 Å². The first-order chi connectivity index (χ1) is 12.2. The number of carbonyl (C=O) groups is 1. The van der Waals surface area contributed by atoms with E-state index in [-0.39, 0.29) is 5.78 Å². The number of ether oxygens (including phenoxy) is 1. The number of hydrogen-bond donors (Lipinski definition) is 0. The third-order valence-electron chi connectivity index (χ3n) is 4.37. The Hall–Kier alpha value is -2.40. The highest BCUT2D eigenvalue weighted by Crippen LogP contribution is 2.25. The van der Waals surface area contributed by atoms with E-state index < -0.39 is 0 Å². The molecule has 1 aliphatic rings. The zero-order valence-corrected chi connectivity index (χ0v) is 15.3. The maximum atomic E-state index is 12.5. The molecule has 0 fully saturated rings. The van der Waals surface area contributed by atoms with Crippen LogP contribution in [0.2, 0.25) is 0 Å². The van der Waals surface area contributed by atoms with Gasteiger partial charge in [-0.3, -0.25) is 4.79 Å². The number of hydrogen-bond acceptors (Lipinski definition) is 2. The van der Waals surface area contributed by atoms with Gasteiger partial charge in [-0.15, -0.1) is 0 Å². The van der Waals surface area contributed by atoms with Gasteiger partial charge in [-0.2, -0.15) is 0 Å². The number of fused-ring (bicyclic) bond motifs is 1. The van der Waals surface area contributed by atoms with Gasteiger partial charge in [0.05, 0.1) is 6.61 Å². The molecule has 0 saturated carbocycles. The highest BCUT2D eigenvalue weighted by atomic mass is 79.9. The number of halogens is 1. The van der Waals surface area contributed by atoms with E-state index in [2.05, 4.69) is 32.6 Å². The lowest BCUT2D eigenvalue weighted by atomic mass is 10.1. The average Bonchev–Trinajstić information content (AvgIpc) is 3.24. The summed E-state index contributed by atoms with van der Waals surface area (Å²) in [5.74, 6) is 1.09. The standard InChI is InChI=1S/C20H18BrN2O2/c21-18-4-2-1-3-17(18)19(24)13-23-9-8-22(14-23)12-15-5-6-20-16(11-15)7-10-25-20/h1-6,8-9,11,14H,7,10,12-13H2/q+1. The van der Waals surface area contributed by atoms with Gasteiger partial charge in [-0.25, -0.2) is 9.13 Å². The smallest absolute Gasteiger partial charge is 0.244 e. The molecular weight excluding hydrogens is 380 g/mol. The largest absolute Gasteiger partial charge is 0.493 e. The molecule has 0 saturated heterocycles. The molecular formula is C20H18BrN2O2+. The molecule has 4 nitrogen and oxygen atoms in total. The Morgan fingerprint density at radius 1 is 1.24 bits per heavy atom. The van der Waals surface area contributed by atoms with Crippen LogP contribution in [0.4, 0.5) is 0 Å². The Balaban J connectivity index is 1.45. The molecule has 0 radical (unpaired) electrons. The lowest BCUT2D eigenvalue weighted by Crippen LogP contribution is -2.31. The fourth-order valence-corrected chi connectivity index (χ4v) is 3.62. The number of benzene rings is 2. The third-order valence-corrected chi connectivity index (χ3v) is 5.06. The van der Waals surface area contributed by atoms with Crippen LogP contribution >= 0.6 is 15.9 Å². The van der Waals surface area contributed by atoms with Gasteiger partial charge in [0.25, 0.3) is 0 Å². The lowest BCUT2D eigenvalue weighted by Gasteiger charge is -2.02. The number of Topliss-reactive ketones (excluding diaryl/α,β-unsaturated/α-hetero) is 1. The van der Waals surface area contributed by atoms with Crippen molar-refractivity contribution < 1.29 is 14.1 Å². The highest BCUT2D eigenvalue weighted by Gasteiger charge is 2.15. The maximum Gasteiger partial charge on any atom is 0.244 e. The summed E-state index contributed by atoms with van der Waals surface area (Å²) >= 11 is 3.44. The van der Waals surface area contributed by atoms with Crippen molar-refractivity contribution in [2.24, 2.45) is 0 Å². The Morgan fingerprint density at radius 2 is 2.12 bits per heavy atom. The van der Waals surface area contributed by atoms with Crippen LogP contribution in [0.15, 0.2) is 65.7 Å². The fourth-order valence-electron chi connectivity index (χ4n) is 3.11. The molecule has 4 rings (SSSR count). The molecule has 0 amide bonds. The van der Waals surface area contributed by atoms with Crippen LogP contribution in [-0.2, 0) is 19.5 Å². The molecule has 5 heteroatoms. The van der Waals surface area contributed by atoms with E-state index in [0.717, 1.165) is 29.8 Å². The molecule has 0 spiro atoms. The summed E-state index contributed by atoms with van der Waals surface area (Å²) in [6.07, 6.45) is 6.88. The molecule has 0 aliphatic carbocycles. The van der Waals surface area contributed by atoms with E-state index in [1.54, 1.807) is 0 Å². The molecule has 1 aliphatic heterocycles. The van der Waals surface area contributed by atoms with Gasteiger partial charge in [-0.05, 0) is 29.3 Å². The van der Waals surface area contributed by atoms with Crippen molar-refractivity contribution in [1.82, 2.24) is 4.57 Å². The summed E-state index contributed by atoms with van der Waals surface area (Å²) in [7, 11) is 0. The minimum Gasteiger partial charge on any atom is -0.493 e. The summed E-state index contributed by atoms with van der Waals surface area (Å²) in [5, 5.41) is 0. The van der Waals surface area contributed by atoms with Gasteiger partial charge in [0.15, 0.2) is 6.54 Å². The first kappa shape index (κ1) is 16.1. The molecule has 0 unspecified atom stereocenters. The van der Waals surface area contributed by atoms with Crippen LogP contribution in [0.1, 0.15) is 21.5 Å². The van der Waals surface area contributed by atoms with Crippen molar-refractivity contribution in [3.8, 4) is 5.75 Å². The molecule has 0 N–H and O–H groups in total. The van der Waals surface area contributed by atoms with Gasteiger partial charge < -0.3 is 4.74 Å². The molecule has 25 heavy (non-hydrogen) atoms. The molecule has 0 bridgehead atoms. The predicted octanol–water partition coefficient (Wildman–Crippen LogP) is 3.40. The van der Waals surface area contributed by atoms with Crippen LogP contribution in [0.3, 0.4) is 0 Å². The summed E-state index contributed by atoms with van der Waals surface area (Å²) in [5.41, 5.74) is 3.23. The second kappa shape index (κ2) is 6.84. The van der Waals surface area contributed by atoms with Crippen molar-refractivity contribution in [1.29, 1.82) is 0 Å². The minimum atomic E-state index is 0.0879. The minimum absolute atomic E-state index is 0.0879. The third kappa shape index (κ3) is 3.51. The van der Waals surface area contributed by atoms with E-state index in [9.17, 15) is 4.79 Å². The van der Waals surface area contributed by atoms with Crippen LogP contribution in [0.25, 0.3) is 0 Å². The Labute approximate surface area is 154 Å². The van der Waals surface area contributed by atoms with E-state index >= 15 is 0 Å². The predicted molar refractivity (Wildman–Crippen MR) is 97.8 cm³/mol. The second-order valence-electron chi connectivity index (χ2n) is 6.20. The van der Waals surface area contributed by atoms with E-state index in [4.69, 9.17) is 4.74 Å². The number of aromatic nitrogens is 2. The van der Waals surface area contributed by atoms with Crippen molar-refractivity contribution in [2.45, 2.75) is 19.5 Å². The zero-order valence-electron chi connectivity index (χ0n) is 13.7. The van der Waals surface area contributed by atoms with Gasteiger partial charge in [-0.1, -0.05) is 40.2 Å². The number of nitrogens with zero attached hydrogens (tertiary/aromatic N) is 2. The second-order valence-corrected chi connectivity index (χ2v) is 7.06. The quantitative estimate of drug-likeness (QED) is 0.488. The molecule has 0 atom stereocenters. The average molecular weight is 398 g/mol. The number of imidazole rings is 1. The van der Waals surface area contributed by atoms with Crippen molar-refractivity contribution in [3.63, 3.8) is 0 Å². The summed E-state index contributed by atoms with van der Waals surface area (Å²) in [4.78, 5) is 12.5. The Bertz CT molecular complexity index is 933. The number of rotatable bonds is 5. The van der Waals surface area contributed by atoms with Crippen LogP contribution in [0.5, 0.6) is 5.75 Å². The first-order valence-electron chi connectivity index (χ1n) is 8.26. The SMILES string of the molecule is O=C(Cn1cc[n+](Cc2ccc3c(c2)CCO3)c1)c1ccccc1Br. The number of carbonyl (C=O) groups excluding carboxylic acids is 1. The van der Waals surface area contributed by atoms with Gasteiger partial charge in [0.1, 0.15) is 24.7 Å². The van der Waals surface area contributed by atoms with Gasteiger partial charge in [0.2, 0.25) is 12.1 Å². The molecule has 3 aromatic rings. The Morgan fingerprint density at radius 3 is 3.00 bits per heavy atom. The normalized spacial score (nSPS) is 12.7. The first-order valence-corrected chi connectivity index (χ1v) is 9.05. The molecule has 1 aromatic heterocycles. The molecule has 126 valence electrons. The Kier molecular flexibility index (Phi) is 4.40. The zero-order chi connectivity index (χ0) is 17.2. The van der Waals surface area contributed by atoms with Gasteiger partial charge in [0, 0.05) is 16.5 Å². The monoisotopic (exact) mass is 397 g/mol. The number of ketones is 1. The van der Waals surface area contributed by atoms with Crippen molar-refractivity contribution in [3.05, 3.63) is 82.3 Å². The summed E-state index contributed by atoms with van der Waals surface area (Å²) in [6.45, 7) is 1.89. The summed E-state index contributed by atoms with van der Waals surface area (Å²) in [6, 6.07) is 13.9. The lowest BCUT2D eigenvalue weighted by molar-refractivity contribution is -0.687. The van der Waals surface area contributed by atoms with E-state index in [1.165, 1.54) is 11.1 Å².